The third kappa shape index (κ3) is 4.13. The summed E-state index contributed by atoms with van der Waals surface area (Å²) in [7, 11) is 1.18. The van der Waals surface area contributed by atoms with Gasteiger partial charge in [-0.05, 0) is 41.5 Å². The predicted molar refractivity (Wildman–Crippen MR) is 136 cm³/mol. The Kier molecular flexibility index (Phi) is 6.81. The van der Waals surface area contributed by atoms with E-state index in [9.17, 15) is 14.9 Å². The zero-order chi connectivity index (χ0) is 24.7. The van der Waals surface area contributed by atoms with Gasteiger partial charge < -0.3 is 10.5 Å². The van der Waals surface area contributed by atoms with Crippen LogP contribution in [-0.4, -0.2) is 17.6 Å². The number of carbonyl (C=O) groups is 1. The number of carbonyl (C=O) groups excluding carboxylic acids is 1. The molecule has 2 N–H and O–H groups in total. The molecule has 34 heavy (non-hydrogen) atoms. The minimum absolute atomic E-state index is 0.0771. The number of nitrogens with zero attached hydrogens (tertiary/aromatic N) is 2. The zero-order valence-electron chi connectivity index (χ0n) is 17.2. The number of aromatic nitrogens is 1. The van der Waals surface area contributed by atoms with Gasteiger partial charge in [-0.3, -0.25) is 9.36 Å². The van der Waals surface area contributed by atoms with Crippen LogP contribution in [0.15, 0.2) is 46.8 Å². The summed E-state index contributed by atoms with van der Waals surface area (Å²) in [5.74, 6) is -1.91. The Morgan fingerprint density at radius 3 is 2.38 bits per heavy atom. The summed E-state index contributed by atoms with van der Waals surface area (Å²) < 4.78 is 6.58. The largest absolute Gasteiger partial charge is 0.466 e. The van der Waals surface area contributed by atoms with E-state index in [1.807, 2.05) is 0 Å². The van der Waals surface area contributed by atoms with E-state index in [0.717, 1.165) is 15.9 Å². The average molecular weight is 553 g/mol. The van der Waals surface area contributed by atoms with Gasteiger partial charge in [-0.15, -0.1) is 11.3 Å². The zero-order valence-corrected chi connectivity index (χ0v) is 21.1. The molecule has 3 aromatic rings. The normalized spacial score (nSPS) is 15.8. The molecule has 0 fully saturated rings. The smallest absolute Gasteiger partial charge is 0.338 e. The highest BCUT2D eigenvalue weighted by Gasteiger charge is 2.37. The molecule has 1 aliphatic heterocycles. The number of nitriles is 1. The number of hydrogen-bond donors (Lipinski definition) is 1. The molecule has 0 spiro atoms. The van der Waals surface area contributed by atoms with Crippen LogP contribution in [0.1, 0.15) is 17.0 Å². The number of ether oxygens (including phenoxy) is 1. The van der Waals surface area contributed by atoms with Gasteiger partial charge in [0, 0.05) is 20.1 Å². The molecule has 0 radical (unpaired) electrons. The number of halogens is 4. The van der Waals surface area contributed by atoms with Crippen molar-refractivity contribution in [3.8, 4) is 6.07 Å². The lowest BCUT2D eigenvalue weighted by molar-refractivity contribution is -0.136. The molecule has 0 saturated carbocycles. The molecule has 2 heterocycles. The Morgan fingerprint density at radius 2 is 1.79 bits per heavy atom. The van der Waals surface area contributed by atoms with Crippen molar-refractivity contribution in [1.82, 2.24) is 4.57 Å². The van der Waals surface area contributed by atoms with Crippen molar-refractivity contribution < 1.29 is 9.53 Å². The molecule has 1 aromatic heterocycles. The Balaban J connectivity index is 2.10. The van der Waals surface area contributed by atoms with Gasteiger partial charge in [0.15, 0.2) is 0 Å². The van der Waals surface area contributed by atoms with Gasteiger partial charge in [0.25, 0.3) is 5.56 Å². The Bertz CT molecular complexity index is 1620. The summed E-state index contributed by atoms with van der Waals surface area (Å²) in [5.41, 5.74) is 6.84. The molecule has 172 valence electrons. The van der Waals surface area contributed by atoms with Gasteiger partial charge in [0.2, 0.25) is 0 Å². The molecule has 0 unspecified atom stereocenters. The van der Waals surface area contributed by atoms with Crippen LogP contribution < -0.4 is 20.5 Å². The first-order valence-electron chi connectivity index (χ1n) is 9.54. The molecule has 0 bridgehead atoms. The highest BCUT2D eigenvalue weighted by Crippen LogP contribution is 2.40. The van der Waals surface area contributed by atoms with Crippen LogP contribution in [0.5, 0.6) is 0 Å². The summed E-state index contributed by atoms with van der Waals surface area (Å²) >= 11 is 25.7. The minimum atomic E-state index is -0.966. The van der Waals surface area contributed by atoms with E-state index in [1.165, 1.54) is 13.2 Å². The second-order valence-corrected chi connectivity index (χ2v) is 9.85. The SMILES string of the molecule is COC(=O)C1=C(N)n2c(s/c(=C\c3ccc(Cl)cc3Cl)c2=O)=C(C#N)[C@@H]1c1ccc(Cl)cc1Cl. The van der Waals surface area contributed by atoms with E-state index < -0.39 is 17.4 Å². The molecule has 1 aliphatic rings. The molecular formula is C23H13Cl4N3O3S. The molecule has 6 nitrogen and oxygen atoms in total. The monoisotopic (exact) mass is 551 g/mol. The Morgan fingerprint density at radius 1 is 1.15 bits per heavy atom. The second-order valence-electron chi connectivity index (χ2n) is 7.14. The predicted octanol–water partition coefficient (Wildman–Crippen LogP) is 4.12. The number of benzene rings is 2. The molecule has 0 saturated heterocycles. The summed E-state index contributed by atoms with van der Waals surface area (Å²) in [6.45, 7) is 0. The number of thiazole rings is 1. The minimum Gasteiger partial charge on any atom is -0.466 e. The molecule has 2 aromatic carbocycles. The quantitative estimate of drug-likeness (QED) is 0.493. The van der Waals surface area contributed by atoms with Crippen LogP contribution in [0, 0.1) is 11.3 Å². The Hall–Kier alpha value is -2.73. The van der Waals surface area contributed by atoms with Gasteiger partial charge in [0.05, 0.1) is 34.8 Å². The maximum atomic E-state index is 13.3. The first kappa shape index (κ1) is 24.4. The lowest BCUT2D eigenvalue weighted by atomic mass is 9.84. The maximum Gasteiger partial charge on any atom is 0.338 e. The van der Waals surface area contributed by atoms with Crippen LogP contribution in [-0.2, 0) is 9.53 Å². The van der Waals surface area contributed by atoms with Crippen LogP contribution in [0.25, 0.3) is 17.5 Å². The fraction of sp³-hybridized carbons (Fsp3) is 0.0870. The number of esters is 1. The van der Waals surface area contributed by atoms with Crippen LogP contribution in [0.3, 0.4) is 0 Å². The second kappa shape index (κ2) is 9.49. The van der Waals surface area contributed by atoms with E-state index in [2.05, 4.69) is 6.07 Å². The lowest BCUT2D eigenvalue weighted by Gasteiger charge is -2.25. The van der Waals surface area contributed by atoms with Gasteiger partial charge in [0.1, 0.15) is 10.5 Å². The third-order valence-electron chi connectivity index (χ3n) is 5.20. The standard InChI is InChI=1S/C23H13Cl4N3O3S/c1-33-23(32)19-18(13-5-4-12(25)8-16(13)27)14(9-28)22-30(20(19)29)21(31)17(34-22)6-10-2-3-11(24)7-15(10)26/h2-8,18H,29H2,1H3/b17-6-/t18-/m0/s1. The molecule has 0 amide bonds. The van der Waals surface area contributed by atoms with Crippen LogP contribution >= 0.6 is 57.7 Å². The van der Waals surface area contributed by atoms with Crippen molar-refractivity contribution >= 4 is 81.2 Å². The highest BCUT2D eigenvalue weighted by molar-refractivity contribution is 7.07. The van der Waals surface area contributed by atoms with Crippen molar-refractivity contribution in [3.63, 3.8) is 0 Å². The van der Waals surface area contributed by atoms with E-state index in [4.69, 9.17) is 56.9 Å². The van der Waals surface area contributed by atoms with Gasteiger partial charge in [-0.1, -0.05) is 58.5 Å². The number of nitrogens with two attached hydrogens (primary N) is 1. The molecule has 0 aliphatic carbocycles. The van der Waals surface area contributed by atoms with E-state index >= 15 is 0 Å². The number of hydrogen-bond acceptors (Lipinski definition) is 6. The first-order valence-corrected chi connectivity index (χ1v) is 11.9. The van der Waals surface area contributed by atoms with Gasteiger partial charge in [-0.25, -0.2) is 4.79 Å². The van der Waals surface area contributed by atoms with E-state index in [-0.39, 0.29) is 31.2 Å². The summed E-state index contributed by atoms with van der Waals surface area (Å²) in [6, 6.07) is 11.7. The highest BCUT2D eigenvalue weighted by atomic mass is 35.5. The number of rotatable bonds is 3. The van der Waals surface area contributed by atoms with Crippen LogP contribution in [0.2, 0.25) is 20.1 Å². The first-order chi connectivity index (χ1) is 16.2. The topological polar surface area (TPSA) is 98.1 Å². The maximum absolute atomic E-state index is 13.3. The average Bonchev–Trinajstić information content (AvgIpc) is 3.11. The van der Waals surface area contributed by atoms with Crippen molar-refractivity contribution in [2.45, 2.75) is 5.92 Å². The summed E-state index contributed by atoms with van der Waals surface area (Å²) in [6.07, 6.45) is 1.57. The third-order valence-corrected chi connectivity index (χ3v) is 7.43. The lowest BCUT2D eigenvalue weighted by Crippen LogP contribution is -2.40. The van der Waals surface area contributed by atoms with Crippen molar-refractivity contribution in [2.24, 2.45) is 5.73 Å². The fourth-order valence-corrected chi connectivity index (χ4v) is 5.77. The Labute approximate surface area is 217 Å². The van der Waals surface area contributed by atoms with Gasteiger partial charge >= 0.3 is 5.97 Å². The van der Waals surface area contributed by atoms with Gasteiger partial charge in [-0.2, -0.15) is 5.26 Å². The molecule has 4 rings (SSSR count). The van der Waals surface area contributed by atoms with Crippen molar-refractivity contribution in [1.29, 1.82) is 5.26 Å². The summed E-state index contributed by atoms with van der Waals surface area (Å²) in [5, 5.41) is 11.5. The number of methoxy groups -OCH3 is 1. The molecule has 1 atom stereocenters. The van der Waals surface area contributed by atoms with E-state index in [0.29, 0.717) is 26.2 Å². The van der Waals surface area contributed by atoms with Crippen LogP contribution in [0.4, 0.5) is 0 Å². The number of fused-ring (bicyclic) bond motifs is 1. The molecular weight excluding hydrogens is 540 g/mol. The fourth-order valence-electron chi connectivity index (χ4n) is 3.67. The molecule has 11 heteroatoms. The van der Waals surface area contributed by atoms with E-state index in [1.54, 1.807) is 36.4 Å². The summed E-state index contributed by atoms with van der Waals surface area (Å²) in [4.78, 5) is 26.1. The van der Waals surface area contributed by atoms with Crippen molar-refractivity contribution in [2.75, 3.05) is 7.11 Å². The van der Waals surface area contributed by atoms with Crippen molar-refractivity contribution in [3.05, 3.63) is 92.7 Å².